The molecule has 190 valence electrons. The van der Waals surface area contributed by atoms with Gasteiger partial charge in [-0.05, 0) is 83.2 Å². The molecule has 1 aliphatic rings. The summed E-state index contributed by atoms with van der Waals surface area (Å²) in [7, 11) is 0. The molecular formula is C35H39NO. The van der Waals surface area contributed by atoms with Crippen molar-refractivity contribution in [3.8, 4) is 11.3 Å². The summed E-state index contributed by atoms with van der Waals surface area (Å²) in [5.41, 5.74) is 9.45. The molecule has 5 aromatic rings. The summed E-state index contributed by atoms with van der Waals surface area (Å²) >= 11 is 0. The zero-order valence-electron chi connectivity index (χ0n) is 23.9. The maximum atomic E-state index is 6.98. The van der Waals surface area contributed by atoms with E-state index in [1.807, 2.05) is 0 Å². The fourth-order valence-electron chi connectivity index (χ4n) is 6.60. The van der Waals surface area contributed by atoms with Gasteiger partial charge in [-0.2, -0.15) is 0 Å². The van der Waals surface area contributed by atoms with Gasteiger partial charge in [0, 0.05) is 21.9 Å². The molecule has 2 aromatic heterocycles. The van der Waals surface area contributed by atoms with Crippen LogP contribution in [0.25, 0.3) is 43.9 Å². The predicted molar refractivity (Wildman–Crippen MR) is 158 cm³/mol. The first-order chi connectivity index (χ1) is 17.3. The third kappa shape index (κ3) is 3.63. The molecule has 6 rings (SSSR count). The average molecular weight is 490 g/mol. The molecule has 2 heteroatoms. The highest BCUT2D eigenvalue weighted by Gasteiger charge is 2.43. The molecule has 0 spiro atoms. The molecule has 0 amide bonds. The maximum Gasteiger partial charge on any atom is 0.146 e. The number of hydrogen-bond donors (Lipinski definition) is 0. The molecule has 0 unspecified atom stereocenters. The second-order valence-corrected chi connectivity index (χ2v) is 13.7. The second kappa shape index (κ2) is 7.69. The zero-order chi connectivity index (χ0) is 26.5. The van der Waals surface area contributed by atoms with Crippen LogP contribution in [0.5, 0.6) is 0 Å². The highest BCUT2D eigenvalue weighted by atomic mass is 16.3. The summed E-state index contributed by atoms with van der Waals surface area (Å²) in [6, 6.07) is 18.0. The van der Waals surface area contributed by atoms with Gasteiger partial charge in [-0.3, -0.25) is 0 Å². The molecule has 2 nitrogen and oxygen atoms in total. The number of aryl methyl sites for hydroxylation is 2. The van der Waals surface area contributed by atoms with Crippen LogP contribution in [0.2, 0.25) is 0 Å². The summed E-state index contributed by atoms with van der Waals surface area (Å²) in [5, 5.41) is 4.94. The van der Waals surface area contributed by atoms with Crippen molar-refractivity contribution in [1.29, 1.82) is 0 Å². The van der Waals surface area contributed by atoms with Crippen molar-refractivity contribution >= 4 is 32.6 Å². The Labute approximate surface area is 221 Å². The highest BCUT2D eigenvalue weighted by molar-refractivity contribution is 6.12. The fraction of sp³-hybridized carbons (Fsp3) is 0.400. The fourth-order valence-corrected chi connectivity index (χ4v) is 6.60. The van der Waals surface area contributed by atoms with E-state index >= 15 is 0 Å². The van der Waals surface area contributed by atoms with Gasteiger partial charge in [-0.1, -0.05) is 78.8 Å². The average Bonchev–Trinajstić information content (AvgIpc) is 3.23. The Morgan fingerprint density at radius 1 is 0.838 bits per heavy atom. The molecule has 0 N–H and O–H groups in total. The molecule has 0 radical (unpaired) electrons. The quantitative estimate of drug-likeness (QED) is 0.234. The number of benzene rings is 3. The number of aromatic nitrogens is 1. The van der Waals surface area contributed by atoms with Crippen LogP contribution in [0.15, 0.2) is 52.9 Å². The smallest absolute Gasteiger partial charge is 0.146 e. The Bertz CT molecular complexity index is 1720. The van der Waals surface area contributed by atoms with E-state index in [0.717, 1.165) is 40.8 Å². The van der Waals surface area contributed by atoms with Crippen molar-refractivity contribution in [3.05, 3.63) is 76.5 Å². The molecule has 2 heterocycles. The normalized spacial score (nSPS) is 17.0. The Kier molecular flexibility index (Phi) is 5.04. The highest BCUT2D eigenvalue weighted by Crippen LogP contribution is 2.53. The third-order valence-corrected chi connectivity index (χ3v) is 8.67. The Balaban J connectivity index is 1.84. The van der Waals surface area contributed by atoms with Gasteiger partial charge in [0.1, 0.15) is 11.3 Å². The minimum atomic E-state index is -0.00791. The molecule has 0 atom stereocenters. The number of fused-ring (bicyclic) bond motifs is 6. The molecule has 0 fully saturated rings. The summed E-state index contributed by atoms with van der Waals surface area (Å²) < 4.78 is 6.98. The van der Waals surface area contributed by atoms with Gasteiger partial charge in [0.15, 0.2) is 0 Å². The van der Waals surface area contributed by atoms with Gasteiger partial charge in [0.05, 0.1) is 16.6 Å². The van der Waals surface area contributed by atoms with E-state index in [-0.39, 0.29) is 16.2 Å². The molecule has 3 aromatic carbocycles. The van der Waals surface area contributed by atoms with Gasteiger partial charge >= 0.3 is 0 Å². The molecule has 0 saturated heterocycles. The van der Waals surface area contributed by atoms with Gasteiger partial charge in [0.2, 0.25) is 0 Å². The van der Waals surface area contributed by atoms with E-state index in [1.165, 1.54) is 44.0 Å². The second-order valence-electron chi connectivity index (χ2n) is 13.7. The maximum absolute atomic E-state index is 6.98. The van der Waals surface area contributed by atoms with E-state index in [0.29, 0.717) is 0 Å². The topological polar surface area (TPSA) is 26.0 Å². The van der Waals surface area contributed by atoms with Crippen LogP contribution in [0, 0.1) is 13.8 Å². The first kappa shape index (κ1) is 24.2. The number of furan rings is 1. The van der Waals surface area contributed by atoms with Crippen molar-refractivity contribution in [2.45, 2.75) is 91.4 Å². The summed E-state index contributed by atoms with van der Waals surface area (Å²) in [6.45, 7) is 20.7. The lowest BCUT2D eigenvalue weighted by molar-refractivity contribution is 0.284. The van der Waals surface area contributed by atoms with Crippen LogP contribution >= 0.6 is 0 Å². The SMILES string of the molecule is Cc1cc(C)c2c(c1)nc(-c1cc(C(C)(C)C)c3ccccc3c1)c1c3c(oc12)C(C)(C)CCC3(C)C. The number of hydrogen-bond acceptors (Lipinski definition) is 2. The van der Waals surface area contributed by atoms with E-state index in [1.54, 1.807) is 0 Å². The van der Waals surface area contributed by atoms with Crippen LogP contribution < -0.4 is 0 Å². The lowest BCUT2D eigenvalue weighted by Crippen LogP contribution is -2.32. The van der Waals surface area contributed by atoms with Crippen LogP contribution in [0.3, 0.4) is 0 Å². The molecule has 1 aliphatic carbocycles. The Morgan fingerprint density at radius 3 is 2.27 bits per heavy atom. The van der Waals surface area contributed by atoms with Crippen molar-refractivity contribution in [3.63, 3.8) is 0 Å². The number of pyridine rings is 1. The van der Waals surface area contributed by atoms with Crippen LogP contribution in [0.1, 0.15) is 89.3 Å². The lowest BCUT2D eigenvalue weighted by Gasteiger charge is -2.38. The molecule has 0 saturated carbocycles. The number of rotatable bonds is 1. The lowest BCUT2D eigenvalue weighted by atomic mass is 9.65. The first-order valence-electron chi connectivity index (χ1n) is 13.7. The van der Waals surface area contributed by atoms with Crippen LogP contribution in [-0.4, -0.2) is 4.98 Å². The van der Waals surface area contributed by atoms with E-state index < -0.39 is 0 Å². The minimum absolute atomic E-state index is 0.00791. The predicted octanol–water partition coefficient (Wildman–Crippen LogP) is 10.1. The summed E-state index contributed by atoms with van der Waals surface area (Å²) in [6.07, 6.45) is 2.26. The van der Waals surface area contributed by atoms with Gasteiger partial charge in [-0.15, -0.1) is 0 Å². The minimum Gasteiger partial charge on any atom is -0.459 e. The van der Waals surface area contributed by atoms with Gasteiger partial charge < -0.3 is 4.42 Å². The van der Waals surface area contributed by atoms with Crippen LogP contribution in [-0.2, 0) is 16.2 Å². The van der Waals surface area contributed by atoms with E-state index in [2.05, 4.69) is 111 Å². The standard InChI is InChI=1S/C35H39NO/c1-20-16-21(2)27-26(17-20)36-30(23-18-22-12-10-11-13-24(22)25(19-23)33(3,4)5)28-29-32(37-31(27)28)35(8,9)15-14-34(29,6)7/h10-13,16-19H,14-15H2,1-9H3. The van der Waals surface area contributed by atoms with E-state index in [4.69, 9.17) is 9.40 Å². The van der Waals surface area contributed by atoms with E-state index in [9.17, 15) is 0 Å². The summed E-state index contributed by atoms with van der Waals surface area (Å²) in [5.74, 6) is 1.14. The largest absolute Gasteiger partial charge is 0.459 e. The van der Waals surface area contributed by atoms with Crippen molar-refractivity contribution in [1.82, 2.24) is 4.98 Å². The molecule has 0 bridgehead atoms. The Morgan fingerprint density at radius 2 is 1.54 bits per heavy atom. The van der Waals surface area contributed by atoms with Crippen molar-refractivity contribution in [2.24, 2.45) is 0 Å². The first-order valence-corrected chi connectivity index (χ1v) is 13.7. The van der Waals surface area contributed by atoms with Crippen molar-refractivity contribution in [2.75, 3.05) is 0 Å². The van der Waals surface area contributed by atoms with Crippen LogP contribution in [0.4, 0.5) is 0 Å². The van der Waals surface area contributed by atoms with Crippen molar-refractivity contribution < 1.29 is 4.42 Å². The van der Waals surface area contributed by atoms with Gasteiger partial charge in [-0.25, -0.2) is 4.98 Å². The Hall–Kier alpha value is -3.13. The third-order valence-electron chi connectivity index (χ3n) is 8.67. The zero-order valence-corrected chi connectivity index (χ0v) is 23.9. The monoisotopic (exact) mass is 489 g/mol. The molecule has 37 heavy (non-hydrogen) atoms. The van der Waals surface area contributed by atoms with Gasteiger partial charge in [0.25, 0.3) is 0 Å². The summed E-state index contributed by atoms with van der Waals surface area (Å²) in [4.78, 5) is 5.46. The molecular weight excluding hydrogens is 450 g/mol. The number of nitrogens with zero attached hydrogens (tertiary/aromatic N) is 1. The molecule has 0 aliphatic heterocycles.